The topological polar surface area (TPSA) is 66.4 Å². The van der Waals surface area contributed by atoms with Crippen LogP contribution in [0.25, 0.3) is 0 Å². The van der Waals surface area contributed by atoms with Crippen LogP contribution in [0.1, 0.15) is 23.0 Å². The quantitative estimate of drug-likeness (QED) is 0.510. The first-order chi connectivity index (χ1) is 13.7. The SMILES string of the molecule is O=C([O-])C1[C@@H](c2ccccc2)C(C(=O)Oc2ccccc2)[C@H]1c1ccccc1. The van der Waals surface area contributed by atoms with Crippen LogP contribution >= 0.6 is 0 Å². The minimum absolute atomic E-state index is 0.425. The first kappa shape index (κ1) is 18.0. The Morgan fingerprint density at radius 1 is 0.643 bits per heavy atom. The van der Waals surface area contributed by atoms with Gasteiger partial charge in [-0.2, -0.15) is 0 Å². The van der Waals surface area contributed by atoms with Crippen LogP contribution in [-0.4, -0.2) is 11.9 Å². The van der Waals surface area contributed by atoms with Crippen LogP contribution in [0.4, 0.5) is 0 Å². The normalized spacial score (nSPS) is 23.4. The summed E-state index contributed by atoms with van der Waals surface area (Å²) in [4.78, 5) is 25.1. The Labute approximate surface area is 163 Å². The second kappa shape index (κ2) is 7.69. The van der Waals surface area contributed by atoms with Crippen molar-refractivity contribution in [3.05, 3.63) is 102 Å². The number of hydrogen-bond donors (Lipinski definition) is 0. The van der Waals surface area contributed by atoms with E-state index in [4.69, 9.17) is 4.74 Å². The van der Waals surface area contributed by atoms with Gasteiger partial charge in [0.05, 0.1) is 5.92 Å². The zero-order valence-electron chi connectivity index (χ0n) is 15.1. The van der Waals surface area contributed by atoms with Crippen molar-refractivity contribution >= 4 is 11.9 Å². The molecule has 4 atom stereocenters. The lowest BCUT2D eigenvalue weighted by atomic mass is 9.52. The van der Waals surface area contributed by atoms with E-state index in [-0.39, 0.29) is 0 Å². The van der Waals surface area contributed by atoms with Gasteiger partial charge in [0.2, 0.25) is 0 Å². The van der Waals surface area contributed by atoms with Crippen molar-refractivity contribution in [3.8, 4) is 5.75 Å². The fourth-order valence-electron chi connectivity index (χ4n) is 4.19. The van der Waals surface area contributed by atoms with E-state index in [0.29, 0.717) is 5.75 Å². The van der Waals surface area contributed by atoms with E-state index in [1.165, 1.54) is 0 Å². The summed E-state index contributed by atoms with van der Waals surface area (Å²) >= 11 is 0. The number of benzene rings is 3. The largest absolute Gasteiger partial charge is 0.550 e. The van der Waals surface area contributed by atoms with Crippen molar-refractivity contribution in [2.45, 2.75) is 11.8 Å². The predicted octanol–water partition coefficient (Wildman–Crippen LogP) is 3.16. The zero-order chi connectivity index (χ0) is 19.5. The maximum atomic E-state index is 13.1. The van der Waals surface area contributed by atoms with E-state index in [2.05, 4.69) is 0 Å². The van der Waals surface area contributed by atoms with Crippen LogP contribution in [0.5, 0.6) is 5.75 Å². The maximum absolute atomic E-state index is 13.1. The highest BCUT2D eigenvalue weighted by Gasteiger charge is 2.56. The summed E-state index contributed by atoms with van der Waals surface area (Å²) in [5, 5.41) is 12.0. The molecule has 0 heterocycles. The highest BCUT2D eigenvalue weighted by Crippen LogP contribution is 2.57. The van der Waals surface area contributed by atoms with Gasteiger partial charge in [-0.15, -0.1) is 0 Å². The highest BCUT2D eigenvalue weighted by molar-refractivity contribution is 5.85. The smallest absolute Gasteiger partial charge is 0.315 e. The van der Waals surface area contributed by atoms with Crippen LogP contribution in [0.15, 0.2) is 91.0 Å². The minimum Gasteiger partial charge on any atom is -0.550 e. The van der Waals surface area contributed by atoms with E-state index in [9.17, 15) is 14.7 Å². The van der Waals surface area contributed by atoms with Gasteiger partial charge in [0, 0.05) is 23.7 Å². The second-order valence-electron chi connectivity index (χ2n) is 6.98. The van der Waals surface area contributed by atoms with E-state index >= 15 is 0 Å². The van der Waals surface area contributed by atoms with E-state index in [1.54, 1.807) is 24.3 Å². The number of para-hydroxylation sites is 1. The first-order valence-corrected chi connectivity index (χ1v) is 9.24. The van der Waals surface area contributed by atoms with Gasteiger partial charge in [-0.25, -0.2) is 0 Å². The third-order valence-corrected chi connectivity index (χ3v) is 5.42. The summed E-state index contributed by atoms with van der Waals surface area (Å²) in [6, 6.07) is 27.3. The first-order valence-electron chi connectivity index (χ1n) is 9.24. The zero-order valence-corrected chi connectivity index (χ0v) is 15.1. The fraction of sp³-hybridized carbons (Fsp3) is 0.167. The van der Waals surface area contributed by atoms with Crippen molar-refractivity contribution in [2.75, 3.05) is 0 Å². The molecule has 1 aliphatic rings. The Kier molecular flexibility index (Phi) is 4.94. The Balaban J connectivity index is 1.73. The fourth-order valence-corrected chi connectivity index (χ4v) is 4.19. The van der Waals surface area contributed by atoms with Gasteiger partial charge in [0.15, 0.2) is 0 Å². The number of carbonyl (C=O) groups is 2. The molecular weight excluding hydrogens is 352 g/mol. The Morgan fingerprint density at radius 2 is 1.07 bits per heavy atom. The molecule has 0 saturated heterocycles. The summed E-state index contributed by atoms with van der Waals surface area (Å²) in [5.41, 5.74) is 1.61. The number of carboxylic acid groups (broad SMARTS) is 1. The van der Waals surface area contributed by atoms with Crippen molar-refractivity contribution in [1.82, 2.24) is 0 Å². The van der Waals surface area contributed by atoms with Gasteiger partial charge >= 0.3 is 5.97 Å². The minimum atomic E-state index is -1.15. The van der Waals surface area contributed by atoms with E-state index < -0.39 is 35.6 Å². The van der Waals surface area contributed by atoms with Crippen LogP contribution in [0.2, 0.25) is 0 Å². The summed E-state index contributed by atoms with van der Waals surface area (Å²) < 4.78 is 5.60. The molecule has 28 heavy (non-hydrogen) atoms. The third-order valence-electron chi connectivity index (χ3n) is 5.42. The molecule has 4 heteroatoms. The number of aliphatic carboxylic acids is 1. The van der Waals surface area contributed by atoms with Crippen molar-refractivity contribution < 1.29 is 19.4 Å². The molecule has 4 rings (SSSR count). The van der Waals surface area contributed by atoms with Gasteiger partial charge in [-0.05, 0) is 23.3 Å². The van der Waals surface area contributed by atoms with Gasteiger partial charge in [-0.3, -0.25) is 4.79 Å². The molecule has 1 saturated carbocycles. The van der Waals surface area contributed by atoms with Crippen molar-refractivity contribution in [1.29, 1.82) is 0 Å². The second-order valence-corrected chi connectivity index (χ2v) is 6.98. The summed E-state index contributed by atoms with van der Waals surface area (Å²) in [6.07, 6.45) is 0. The average Bonchev–Trinajstić information content (AvgIpc) is 2.69. The molecule has 1 aliphatic carbocycles. The monoisotopic (exact) mass is 371 g/mol. The Morgan fingerprint density at radius 3 is 1.50 bits per heavy atom. The molecule has 0 amide bonds. The molecule has 2 unspecified atom stereocenters. The molecular formula is C24H19O4-. The lowest BCUT2D eigenvalue weighted by Crippen LogP contribution is -2.55. The third kappa shape index (κ3) is 3.29. The van der Waals surface area contributed by atoms with Crippen LogP contribution in [-0.2, 0) is 9.59 Å². The van der Waals surface area contributed by atoms with Crippen molar-refractivity contribution in [2.24, 2.45) is 11.8 Å². The van der Waals surface area contributed by atoms with Gasteiger partial charge in [0.1, 0.15) is 5.75 Å². The molecule has 0 aromatic heterocycles. The molecule has 3 aromatic rings. The average molecular weight is 371 g/mol. The molecule has 0 N–H and O–H groups in total. The number of hydrogen-bond acceptors (Lipinski definition) is 4. The highest BCUT2D eigenvalue weighted by atomic mass is 16.5. The summed E-state index contributed by atoms with van der Waals surface area (Å²) in [6.45, 7) is 0. The molecule has 0 radical (unpaired) electrons. The number of rotatable bonds is 5. The van der Waals surface area contributed by atoms with Gasteiger partial charge in [-0.1, -0.05) is 78.9 Å². The molecule has 140 valence electrons. The lowest BCUT2D eigenvalue weighted by molar-refractivity contribution is -0.317. The van der Waals surface area contributed by atoms with Crippen LogP contribution < -0.4 is 9.84 Å². The molecule has 4 nitrogen and oxygen atoms in total. The maximum Gasteiger partial charge on any atom is 0.315 e. The molecule has 0 aliphatic heterocycles. The number of esters is 1. The molecule has 0 bridgehead atoms. The van der Waals surface area contributed by atoms with E-state index in [1.807, 2.05) is 66.7 Å². The van der Waals surface area contributed by atoms with Gasteiger partial charge in [0.25, 0.3) is 0 Å². The molecule has 3 aromatic carbocycles. The summed E-state index contributed by atoms with van der Waals surface area (Å²) in [7, 11) is 0. The molecule has 0 spiro atoms. The Hall–Kier alpha value is -3.40. The summed E-state index contributed by atoms with van der Waals surface area (Å²) in [5.74, 6) is -3.51. The van der Waals surface area contributed by atoms with Gasteiger partial charge < -0.3 is 14.6 Å². The Bertz CT molecular complexity index is 906. The number of carboxylic acids is 1. The lowest BCUT2D eigenvalue weighted by Gasteiger charge is -2.51. The molecule has 1 fully saturated rings. The number of ether oxygens (including phenoxy) is 1. The van der Waals surface area contributed by atoms with Crippen molar-refractivity contribution in [3.63, 3.8) is 0 Å². The standard InChI is InChI=1S/C24H20O4/c25-23(26)21-19(16-10-4-1-5-11-16)22(20(21)17-12-6-2-7-13-17)24(27)28-18-14-8-3-9-15-18/h1-15,19-22H,(H,25,26)/p-1/t19-,20+,21?,22?. The van der Waals surface area contributed by atoms with Crippen LogP contribution in [0.3, 0.4) is 0 Å². The van der Waals surface area contributed by atoms with E-state index in [0.717, 1.165) is 11.1 Å². The number of carbonyl (C=O) groups excluding carboxylic acids is 2. The van der Waals surface area contributed by atoms with Crippen LogP contribution in [0, 0.1) is 11.8 Å². The predicted molar refractivity (Wildman–Crippen MR) is 102 cm³/mol.